The number of halogens is 1. The number of pyridine rings is 1. The predicted molar refractivity (Wildman–Crippen MR) is 131 cm³/mol. The Bertz CT molecular complexity index is 748. The van der Waals surface area contributed by atoms with Crippen molar-refractivity contribution in [2.45, 2.75) is 45.2 Å². The molecule has 1 aliphatic heterocycles. The maximum absolute atomic E-state index is 5.75. The van der Waals surface area contributed by atoms with Crippen LogP contribution in [0.3, 0.4) is 0 Å². The third kappa shape index (κ3) is 7.16. The highest BCUT2D eigenvalue weighted by Crippen LogP contribution is 2.24. The van der Waals surface area contributed by atoms with Gasteiger partial charge in [-0.1, -0.05) is 19.4 Å². The summed E-state index contributed by atoms with van der Waals surface area (Å²) < 4.78 is 11.5. The van der Waals surface area contributed by atoms with Crippen LogP contribution in [0, 0.1) is 0 Å². The van der Waals surface area contributed by atoms with Crippen LogP contribution in [0.4, 0.5) is 0 Å². The molecule has 3 heterocycles. The zero-order valence-corrected chi connectivity index (χ0v) is 20.3. The van der Waals surface area contributed by atoms with Crippen molar-refractivity contribution in [2.75, 3.05) is 33.3 Å². The summed E-state index contributed by atoms with van der Waals surface area (Å²) in [6.07, 6.45) is 8.26. The van der Waals surface area contributed by atoms with Crippen molar-refractivity contribution in [3.05, 3.63) is 48.0 Å². The molecule has 1 atom stereocenters. The number of likely N-dealkylation sites (tertiary alicyclic amines) is 1. The zero-order chi connectivity index (χ0) is 20.3. The van der Waals surface area contributed by atoms with Crippen LogP contribution in [0.25, 0.3) is 0 Å². The standard InChI is InChI=1S/C22H33N5O2.HI/c1-3-14-29-21-18(9-7-11-24-21)16-25-22(23-2)26-17-19(20-10-8-15-28-20)27-12-5-4-6-13-27;/h7-11,15,19H,3-6,12-14,16-17H2,1-2H3,(H2,23,25,26);1H. The van der Waals surface area contributed by atoms with E-state index in [9.17, 15) is 0 Å². The van der Waals surface area contributed by atoms with Crippen LogP contribution in [0.5, 0.6) is 5.88 Å². The van der Waals surface area contributed by atoms with E-state index < -0.39 is 0 Å². The van der Waals surface area contributed by atoms with Gasteiger partial charge in [0.25, 0.3) is 0 Å². The number of furan rings is 1. The zero-order valence-electron chi connectivity index (χ0n) is 18.0. The number of nitrogens with one attached hydrogen (secondary N) is 2. The Kier molecular flexibility index (Phi) is 11.0. The topological polar surface area (TPSA) is 74.9 Å². The molecule has 1 aliphatic rings. The first kappa shape index (κ1) is 24.5. The number of guanidine groups is 1. The van der Waals surface area contributed by atoms with E-state index in [0.717, 1.165) is 43.3 Å². The molecule has 8 heteroatoms. The van der Waals surface area contributed by atoms with Crippen molar-refractivity contribution in [3.63, 3.8) is 0 Å². The van der Waals surface area contributed by atoms with Crippen LogP contribution in [-0.4, -0.2) is 49.1 Å². The van der Waals surface area contributed by atoms with Gasteiger partial charge in [0.05, 0.1) is 18.9 Å². The highest BCUT2D eigenvalue weighted by molar-refractivity contribution is 14.0. The number of hydrogen-bond donors (Lipinski definition) is 2. The van der Waals surface area contributed by atoms with E-state index >= 15 is 0 Å². The first-order valence-electron chi connectivity index (χ1n) is 10.6. The fraction of sp³-hybridized carbons (Fsp3) is 0.545. The molecular weight excluding hydrogens is 493 g/mol. The van der Waals surface area contributed by atoms with E-state index in [1.807, 2.05) is 18.2 Å². The molecule has 0 bridgehead atoms. The molecule has 3 rings (SSSR count). The summed E-state index contributed by atoms with van der Waals surface area (Å²) >= 11 is 0. The number of rotatable bonds is 9. The lowest BCUT2D eigenvalue weighted by Gasteiger charge is -2.33. The Morgan fingerprint density at radius 3 is 2.77 bits per heavy atom. The van der Waals surface area contributed by atoms with Crippen molar-refractivity contribution in [1.82, 2.24) is 20.5 Å². The van der Waals surface area contributed by atoms with Crippen LogP contribution in [0.1, 0.15) is 50.0 Å². The molecule has 30 heavy (non-hydrogen) atoms. The first-order valence-corrected chi connectivity index (χ1v) is 10.6. The summed E-state index contributed by atoms with van der Waals surface area (Å²) in [7, 11) is 1.79. The summed E-state index contributed by atoms with van der Waals surface area (Å²) in [4.78, 5) is 11.2. The van der Waals surface area contributed by atoms with Gasteiger partial charge in [0, 0.05) is 31.9 Å². The average Bonchev–Trinajstić information content (AvgIpc) is 3.30. The maximum Gasteiger partial charge on any atom is 0.218 e. The van der Waals surface area contributed by atoms with Crippen LogP contribution < -0.4 is 15.4 Å². The normalized spacial score (nSPS) is 15.9. The number of nitrogens with zero attached hydrogens (tertiary/aromatic N) is 3. The number of piperidine rings is 1. The molecule has 2 N–H and O–H groups in total. The third-order valence-electron chi connectivity index (χ3n) is 5.13. The van der Waals surface area contributed by atoms with Gasteiger partial charge in [0.15, 0.2) is 5.96 Å². The summed E-state index contributed by atoms with van der Waals surface area (Å²) in [5.74, 6) is 2.43. The van der Waals surface area contributed by atoms with Gasteiger partial charge in [-0.15, -0.1) is 24.0 Å². The first-order chi connectivity index (χ1) is 14.3. The van der Waals surface area contributed by atoms with Gasteiger partial charge < -0.3 is 19.8 Å². The predicted octanol–water partition coefficient (Wildman–Crippen LogP) is 3.97. The number of ether oxygens (including phenoxy) is 1. The van der Waals surface area contributed by atoms with Crippen molar-refractivity contribution < 1.29 is 9.15 Å². The van der Waals surface area contributed by atoms with E-state index in [1.54, 1.807) is 19.5 Å². The fourth-order valence-electron chi connectivity index (χ4n) is 3.60. The Balaban J connectivity index is 0.00000320. The van der Waals surface area contributed by atoms with E-state index in [4.69, 9.17) is 9.15 Å². The molecule has 2 aromatic rings. The van der Waals surface area contributed by atoms with Crippen molar-refractivity contribution >= 4 is 29.9 Å². The lowest BCUT2D eigenvalue weighted by Crippen LogP contribution is -2.44. The molecule has 0 radical (unpaired) electrons. The summed E-state index contributed by atoms with van der Waals surface area (Å²) in [6.45, 7) is 6.29. The largest absolute Gasteiger partial charge is 0.477 e. The number of aliphatic imine (C=N–C) groups is 1. The molecule has 1 saturated heterocycles. The highest BCUT2D eigenvalue weighted by atomic mass is 127. The average molecular weight is 527 g/mol. The van der Waals surface area contributed by atoms with Crippen LogP contribution in [0.15, 0.2) is 46.1 Å². The third-order valence-corrected chi connectivity index (χ3v) is 5.13. The Morgan fingerprint density at radius 2 is 2.07 bits per heavy atom. The minimum atomic E-state index is 0. The fourth-order valence-corrected chi connectivity index (χ4v) is 3.60. The SMILES string of the molecule is CCCOc1ncccc1CNC(=NC)NCC(c1ccco1)N1CCCCC1.I. The lowest BCUT2D eigenvalue weighted by atomic mass is 10.1. The Hall–Kier alpha value is -1.81. The van der Waals surface area contributed by atoms with Crippen LogP contribution >= 0.6 is 24.0 Å². The second kappa shape index (κ2) is 13.5. The van der Waals surface area contributed by atoms with E-state index in [-0.39, 0.29) is 30.0 Å². The van der Waals surface area contributed by atoms with Gasteiger partial charge in [-0.2, -0.15) is 0 Å². The Labute approximate surface area is 196 Å². The molecule has 7 nitrogen and oxygen atoms in total. The Morgan fingerprint density at radius 1 is 1.23 bits per heavy atom. The monoisotopic (exact) mass is 527 g/mol. The molecule has 0 aromatic carbocycles. The van der Waals surface area contributed by atoms with Crippen molar-refractivity contribution in [2.24, 2.45) is 4.99 Å². The summed E-state index contributed by atoms with van der Waals surface area (Å²) in [5, 5.41) is 6.84. The molecule has 0 saturated carbocycles. The quantitative estimate of drug-likeness (QED) is 0.292. The van der Waals surface area contributed by atoms with Crippen LogP contribution in [0.2, 0.25) is 0 Å². The van der Waals surface area contributed by atoms with Crippen molar-refractivity contribution in [3.8, 4) is 5.88 Å². The molecule has 0 aliphatic carbocycles. The molecule has 2 aromatic heterocycles. The molecular formula is C22H34IN5O2. The minimum Gasteiger partial charge on any atom is -0.477 e. The van der Waals surface area contributed by atoms with Gasteiger partial charge in [-0.3, -0.25) is 9.89 Å². The maximum atomic E-state index is 5.75. The van der Waals surface area contributed by atoms with Gasteiger partial charge in [0.1, 0.15) is 5.76 Å². The van der Waals surface area contributed by atoms with Gasteiger partial charge >= 0.3 is 0 Å². The molecule has 0 spiro atoms. The molecule has 1 unspecified atom stereocenters. The molecule has 0 amide bonds. The summed E-state index contributed by atoms with van der Waals surface area (Å²) in [5.41, 5.74) is 1.02. The molecule has 166 valence electrons. The minimum absolute atomic E-state index is 0. The second-order valence-corrected chi connectivity index (χ2v) is 7.25. The number of aromatic nitrogens is 1. The van der Waals surface area contributed by atoms with Gasteiger partial charge in [0.2, 0.25) is 5.88 Å². The van der Waals surface area contributed by atoms with E-state index in [0.29, 0.717) is 19.0 Å². The second-order valence-electron chi connectivity index (χ2n) is 7.25. The molecule has 1 fully saturated rings. The van der Waals surface area contributed by atoms with Crippen LogP contribution in [-0.2, 0) is 6.54 Å². The van der Waals surface area contributed by atoms with Gasteiger partial charge in [-0.25, -0.2) is 4.98 Å². The number of hydrogen-bond acceptors (Lipinski definition) is 5. The van der Waals surface area contributed by atoms with E-state index in [2.05, 4.69) is 38.5 Å². The summed E-state index contributed by atoms with van der Waals surface area (Å²) in [6, 6.07) is 8.17. The lowest BCUT2D eigenvalue weighted by molar-refractivity contribution is 0.146. The highest BCUT2D eigenvalue weighted by Gasteiger charge is 2.24. The smallest absolute Gasteiger partial charge is 0.218 e. The van der Waals surface area contributed by atoms with Crippen molar-refractivity contribution in [1.29, 1.82) is 0 Å². The van der Waals surface area contributed by atoms with Gasteiger partial charge in [-0.05, 0) is 50.6 Å². The van der Waals surface area contributed by atoms with E-state index in [1.165, 1.54) is 19.3 Å².